The molecule has 1 aliphatic rings. The first-order valence-corrected chi connectivity index (χ1v) is 9.98. The molecule has 3 aromatic rings. The molecule has 0 spiro atoms. The number of halogens is 1. The Morgan fingerprint density at radius 3 is 2.66 bits per heavy atom. The SMILES string of the molecule is CC(Oc1ccc(Oc2nc3ccc(Cl)cc3s2)cc1)(C(=O)O)C1CCOC1=O. The van der Waals surface area contributed by atoms with Gasteiger partial charge < -0.3 is 19.3 Å². The first kappa shape index (κ1) is 19.5. The summed E-state index contributed by atoms with van der Waals surface area (Å²) < 4.78 is 17.3. The van der Waals surface area contributed by atoms with E-state index in [0.29, 0.717) is 28.1 Å². The number of aromatic nitrogens is 1. The van der Waals surface area contributed by atoms with Crippen LogP contribution in [0.5, 0.6) is 16.7 Å². The summed E-state index contributed by atoms with van der Waals surface area (Å²) in [6, 6.07) is 11.9. The zero-order valence-corrected chi connectivity index (χ0v) is 16.8. The van der Waals surface area contributed by atoms with Crippen molar-refractivity contribution < 1.29 is 28.9 Å². The van der Waals surface area contributed by atoms with Crippen molar-refractivity contribution in [3.63, 3.8) is 0 Å². The number of rotatable bonds is 6. The first-order valence-electron chi connectivity index (χ1n) is 8.78. The molecule has 7 nitrogen and oxygen atoms in total. The maximum atomic E-state index is 11.9. The number of hydrogen-bond donors (Lipinski definition) is 1. The van der Waals surface area contributed by atoms with Crippen molar-refractivity contribution in [1.82, 2.24) is 4.98 Å². The number of carboxylic acids is 1. The molecule has 29 heavy (non-hydrogen) atoms. The molecule has 9 heteroatoms. The number of carbonyl (C=O) groups is 2. The van der Waals surface area contributed by atoms with Crippen LogP contribution in [0.1, 0.15) is 13.3 Å². The Labute approximate surface area is 174 Å². The van der Waals surface area contributed by atoms with Crippen LogP contribution in [-0.2, 0) is 14.3 Å². The average Bonchev–Trinajstić information content (AvgIpc) is 3.28. The molecule has 2 heterocycles. The predicted octanol–water partition coefficient (Wildman–Crippen LogP) is 4.53. The summed E-state index contributed by atoms with van der Waals surface area (Å²) in [5.41, 5.74) is -0.933. The maximum absolute atomic E-state index is 11.9. The van der Waals surface area contributed by atoms with E-state index in [-0.39, 0.29) is 6.61 Å². The van der Waals surface area contributed by atoms with Gasteiger partial charge in [0.2, 0.25) is 5.60 Å². The Hall–Kier alpha value is -2.84. The van der Waals surface area contributed by atoms with Crippen LogP contribution in [0, 0.1) is 5.92 Å². The summed E-state index contributed by atoms with van der Waals surface area (Å²) in [6.45, 7) is 1.57. The zero-order valence-electron chi connectivity index (χ0n) is 15.3. The number of cyclic esters (lactones) is 1. The van der Waals surface area contributed by atoms with Gasteiger partial charge in [-0.05, 0) is 55.8 Å². The molecule has 4 rings (SSSR count). The largest absolute Gasteiger partial charge is 0.478 e. The van der Waals surface area contributed by atoms with Crippen LogP contribution in [0.25, 0.3) is 10.2 Å². The summed E-state index contributed by atoms with van der Waals surface area (Å²) in [5.74, 6) is -1.84. The van der Waals surface area contributed by atoms with Gasteiger partial charge in [-0.25, -0.2) is 9.78 Å². The molecule has 2 unspecified atom stereocenters. The van der Waals surface area contributed by atoms with Crippen LogP contribution >= 0.6 is 22.9 Å². The van der Waals surface area contributed by atoms with E-state index >= 15 is 0 Å². The van der Waals surface area contributed by atoms with E-state index in [1.54, 1.807) is 30.3 Å². The number of hydrogen-bond acceptors (Lipinski definition) is 7. The Morgan fingerprint density at radius 1 is 1.28 bits per heavy atom. The highest BCUT2D eigenvalue weighted by molar-refractivity contribution is 7.20. The van der Waals surface area contributed by atoms with Gasteiger partial charge >= 0.3 is 11.9 Å². The van der Waals surface area contributed by atoms with E-state index in [9.17, 15) is 14.7 Å². The second kappa shape index (κ2) is 7.53. The van der Waals surface area contributed by atoms with Crippen LogP contribution in [0.15, 0.2) is 42.5 Å². The minimum absolute atomic E-state index is 0.190. The molecule has 1 fully saturated rings. The molecule has 0 aliphatic carbocycles. The Morgan fingerprint density at radius 2 is 2.00 bits per heavy atom. The fraction of sp³-hybridized carbons (Fsp3) is 0.250. The van der Waals surface area contributed by atoms with Gasteiger partial charge in [0, 0.05) is 5.02 Å². The minimum Gasteiger partial charge on any atom is -0.478 e. The lowest BCUT2D eigenvalue weighted by Crippen LogP contribution is -2.50. The second-order valence-corrected chi connectivity index (χ2v) is 8.12. The number of thiazole rings is 1. The van der Waals surface area contributed by atoms with Crippen molar-refractivity contribution in [3.8, 4) is 16.7 Å². The lowest BCUT2D eigenvalue weighted by molar-refractivity contribution is -0.165. The van der Waals surface area contributed by atoms with Crippen LogP contribution in [0.2, 0.25) is 5.02 Å². The number of fused-ring (bicyclic) bond motifs is 1. The van der Waals surface area contributed by atoms with Crippen LogP contribution < -0.4 is 9.47 Å². The molecular weight excluding hydrogens is 418 g/mol. The molecule has 1 aliphatic heterocycles. The summed E-state index contributed by atoms with van der Waals surface area (Å²) in [6.07, 6.45) is 0.296. The maximum Gasteiger partial charge on any atom is 0.348 e. The molecule has 0 bridgehead atoms. The Bertz CT molecular complexity index is 1080. The average molecular weight is 434 g/mol. The van der Waals surface area contributed by atoms with Gasteiger partial charge in [0.25, 0.3) is 5.19 Å². The van der Waals surface area contributed by atoms with E-state index in [0.717, 1.165) is 10.2 Å². The molecule has 1 aromatic heterocycles. The molecule has 0 saturated carbocycles. The highest BCUT2D eigenvalue weighted by atomic mass is 35.5. The first-order chi connectivity index (χ1) is 13.8. The standard InChI is InChI=1S/C20H16ClNO6S/c1-20(18(24)25,14-8-9-26-17(14)23)28-13-5-3-12(4-6-13)27-19-22-15-7-2-11(21)10-16(15)29-19/h2-7,10,14H,8-9H2,1H3,(H,24,25). The van der Waals surface area contributed by atoms with Crippen molar-refractivity contribution in [1.29, 1.82) is 0 Å². The lowest BCUT2D eigenvalue weighted by atomic mass is 9.87. The summed E-state index contributed by atoms with van der Waals surface area (Å²) in [4.78, 5) is 28.1. The molecule has 2 atom stereocenters. The van der Waals surface area contributed by atoms with Gasteiger partial charge in [-0.15, -0.1) is 0 Å². The summed E-state index contributed by atoms with van der Waals surface area (Å²) in [7, 11) is 0. The third-order valence-corrected chi connectivity index (χ3v) is 5.85. The van der Waals surface area contributed by atoms with E-state index in [2.05, 4.69) is 4.98 Å². The van der Waals surface area contributed by atoms with Gasteiger partial charge in [-0.1, -0.05) is 22.9 Å². The number of nitrogens with zero attached hydrogens (tertiary/aromatic N) is 1. The van der Waals surface area contributed by atoms with E-state index in [1.165, 1.54) is 18.3 Å². The highest BCUT2D eigenvalue weighted by Gasteiger charge is 2.51. The van der Waals surface area contributed by atoms with E-state index < -0.39 is 23.5 Å². The smallest absolute Gasteiger partial charge is 0.348 e. The number of ether oxygens (including phenoxy) is 3. The van der Waals surface area contributed by atoms with Crippen LogP contribution in [0.4, 0.5) is 0 Å². The normalized spacial score (nSPS) is 18.3. The van der Waals surface area contributed by atoms with Gasteiger partial charge in [-0.2, -0.15) is 0 Å². The van der Waals surface area contributed by atoms with Gasteiger partial charge in [0.1, 0.15) is 17.4 Å². The number of esters is 1. The van der Waals surface area contributed by atoms with Crippen molar-refractivity contribution in [2.45, 2.75) is 18.9 Å². The topological polar surface area (TPSA) is 95.0 Å². The monoisotopic (exact) mass is 433 g/mol. The third-order valence-electron chi connectivity index (χ3n) is 4.71. The van der Waals surface area contributed by atoms with Gasteiger partial charge in [0.15, 0.2) is 0 Å². The molecule has 1 N–H and O–H groups in total. The van der Waals surface area contributed by atoms with Crippen LogP contribution in [0.3, 0.4) is 0 Å². The predicted molar refractivity (Wildman–Crippen MR) is 107 cm³/mol. The quantitative estimate of drug-likeness (QED) is 0.570. The fourth-order valence-electron chi connectivity index (χ4n) is 3.10. The van der Waals surface area contributed by atoms with Crippen molar-refractivity contribution in [2.24, 2.45) is 5.92 Å². The number of carboxylic acid groups (broad SMARTS) is 1. The summed E-state index contributed by atoms with van der Waals surface area (Å²) in [5, 5.41) is 10.7. The van der Waals surface area contributed by atoms with Gasteiger partial charge in [0.05, 0.1) is 16.8 Å². The van der Waals surface area contributed by atoms with Crippen molar-refractivity contribution in [2.75, 3.05) is 6.61 Å². The van der Waals surface area contributed by atoms with Crippen molar-refractivity contribution in [3.05, 3.63) is 47.5 Å². The molecule has 0 radical (unpaired) electrons. The number of carbonyl (C=O) groups excluding carboxylic acids is 1. The third kappa shape index (κ3) is 3.86. The number of aliphatic carboxylic acids is 1. The van der Waals surface area contributed by atoms with Crippen molar-refractivity contribution >= 4 is 45.1 Å². The highest BCUT2D eigenvalue weighted by Crippen LogP contribution is 2.35. The van der Waals surface area contributed by atoms with Gasteiger partial charge in [-0.3, -0.25) is 4.79 Å². The molecule has 150 valence electrons. The second-order valence-electron chi connectivity index (χ2n) is 6.69. The molecular formula is C20H16ClNO6S. The zero-order chi connectivity index (χ0) is 20.6. The lowest BCUT2D eigenvalue weighted by Gasteiger charge is -2.29. The van der Waals surface area contributed by atoms with E-state index in [1.807, 2.05) is 12.1 Å². The minimum atomic E-state index is -1.72. The molecule has 1 saturated heterocycles. The Balaban J connectivity index is 1.50. The summed E-state index contributed by atoms with van der Waals surface area (Å²) >= 11 is 7.35. The molecule has 0 amide bonds. The van der Waals surface area contributed by atoms with Crippen LogP contribution in [-0.4, -0.2) is 34.2 Å². The molecule has 2 aromatic carbocycles. The fourth-order valence-corrected chi connectivity index (χ4v) is 4.21. The Kier molecular flexibility index (Phi) is 5.06. The van der Waals surface area contributed by atoms with E-state index in [4.69, 9.17) is 25.8 Å². The number of benzene rings is 2.